The van der Waals surface area contributed by atoms with Gasteiger partial charge in [-0.2, -0.15) is 4.57 Å². The number of nitrogens with one attached hydrogen (secondary N) is 1. The van der Waals surface area contributed by atoms with Crippen molar-refractivity contribution >= 4 is 5.91 Å². The van der Waals surface area contributed by atoms with Gasteiger partial charge < -0.3 is 5.32 Å². The lowest BCUT2D eigenvalue weighted by atomic mass is 10.2. The molecule has 0 unspecified atom stereocenters. The van der Waals surface area contributed by atoms with Crippen molar-refractivity contribution in [3.8, 4) is 0 Å². The number of carbonyl (C=O) groups excluding carboxylic acids is 1. The van der Waals surface area contributed by atoms with E-state index in [1.165, 1.54) is 0 Å². The smallest absolute Gasteiger partial charge is 0.286 e. The van der Waals surface area contributed by atoms with Crippen molar-refractivity contribution in [3.05, 3.63) is 30.1 Å². The number of aromatic nitrogens is 1. The van der Waals surface area contributed by atoms with Crippen LogP contribution in [0.5, 0.6) is 0 Å². The van der Waals surface area contributed by atoms with E-state index >= 15 is 0 Å². The summed E-state index contributed by atoms with van der Waals surface area (Å²) in [4.78, 5) is 11.6. The molecule has 0 radical (unpaired) electrons. The van der Waals surface area contributed by atoms with Gasteiger partial charge in [0.15, 0.2) is 11.9 Å². The molecular formula is C12H19N2O+. The lowest BCUT2D eigenvalue weighted by Gasteiger charge is -2.09. The van der Waals surface area contributed by atoms with Crippen molar-refractivity contribution in [2.45, 2.75) is 39.8 Å². The predicted octanol–water partition coefficient (Wildman–Crippen LogP) is 1.20. The molecule has 1 amide bonds. The second kappa shape index (κ2) is 5.49. The van der Waals surface area contributed by atoms with E-state index in [0.29, 0.717) is 6.54 Å². The molecule has 0 aliphatic rings. The van der Waals surface area contributed by atoms with Gasteiger partial charge in [-0.05, 0) is 13.3 Å². The number of aryl methyl sites for hydroxylation is 1. The summed E-state index contributed by atoms with van der Waals surface area (Å²) in [5.41, 5.74) is 1.09. The van der Waals surface area contributed by atoms with Crippen molar-refractivity contribution in [3.63, 3.8) is 0 Å². The SMILES string of the molecule is CC[C@@H](C)NC(=O)C[n+]1ccccc1C. The van der Waals surface area contributed by atoms with Crippen LogP contribution in [0.2, 0.25) is 0 Å². The molecule has 3 heteroatoms. The highest BCUT2D eigenvalue weighted by molar-refractivity contribution is 5.74. The van der Waals surface area contributed by atoms with Gasteiger partial charge in [-0.15, -0.1) is 0 Å². The van der Waals surface area contributed by atoms with Crippen molar-refractivity contribution in [2.24, 2.45) is 0 Å². The molecule has 1 heterocycles. The summed E-state index contributed by atoms with van der Waals surface area (Å²) < 4.78 is 1.94. The van der Waals surface area contributed by atoms with Crippen LogP contribution in [0.15, 0.2) is 24.4 Å². The molecule has 0 saturated heterocycles. The van der Waals surface area contributed by atoms with Crippen LogP contribution in [0.4, 0.5) is 0 Å². The Balaban J connectivity index is 2.55. The van der Waals surface area contributed by atoms with Gasteiger partial charge in [0.1, 0.15) is 0 Å². The number of amides is 1. The Morgan fingerprint density at radius 2 is 2.27 bits per heavy atom. The van der Waals surface area contributed by atoms with E-state index in [4.69, 9.17) is 0 Å². The fraction of sp³-hybridized carbons (Fsp3) is 0.500. The summed E-state index contributed by atoms with van der Waals surface area (Å²) in [5, 5.41) is 2.95. The van der Waals surface area contributed by atoms with Crippen molar-refractivity contribution in [2.75, 3.05) is 0 Å². The van der Waals surface area contributed by atoms with Gasteiger partial charge in [-0.1, -0.05) is 13.0 Å². The highest BCUT2D eigenvalue weighted by atomic mass is 16.2. The normalized spacial score (nSPS) is 12.2. The van der Waals surface area contributed by atoms with Gasteiger partial charge in [-0.25, -0.2) is 0 Å². The number of pyridine rings is 1. The Hall–Kier alpha value is -1.38. The molecule has 1 rings (SSSR count). The summed E-state index contributed by atoms with van der Waals surface area (Å²) in [6.07, 6.45) is 2.88. The fourth-order valence-corrected chi connectivity index (χ4v) is 1.32. The first kappa shape index (κ1) is 11.7. The Bertz CT molecular complexity index is 336. The van der Waals surface area contributed by atoms with E-state index in [2.05, 4.69) is 12.2 Å². The van der Waals surface area contributed by atoms with E-state index in [0.717, 1.165) is 12.1 Å². The van der Waals surface area contributed by atoms with Crippen molar-refractivity contribution in [1.29, 1.82) is 0 Å². The molecule has 0 bridgehead atoms. The minimum absolute atomic E-state index is 0.0728. The van der Waals surface area contributed by atoms with Gasteiger partial charge in [0.2, 0.25) is 6.54 Å². The molecule has 1 N–H and O–H groups in total. The first-order valence-electron chi connectivity index (χ1n) is 5.38. The van der Waals surface area contributed by atoms with E-state index in [1.54, 1.807) is 0 Å². The minimum Gasteiger partial charge on any atom is -0.348 e. The summed E-state index contributed by atoms with van der Waals surface area (Å²) >= 11 is 0. The summed E-state index contributed by atoms with van der Waals surface area (Å²) in [6, 6.07) is 6.15. The van der Waals surface area contributed by atoms with Gasteiger partial charge in [0.25, 0.3) is 5.91 Å². The maximum Gasteiger partial charge on any atom is 0.286 e. The van der Waals surface area contributed by atoms with Gasteiger partial charge in [0.05, 0.1) is 0 Å². The van der Waals surface area contributed by atoms with E-state index in [1.807, 2.05) is 42.8 Å². The van der Waals surface area contributed by atoms with E-state index in [-0.39, 0.29) is 11.9 Å². The second-order valence-corrected chi connectivity index (χ2v) is 3.85. The lowest BCUT2D eigenvalue weighted by molar-refractivity contribution is -0.690. The minimum atomic E-state index is 0.0728. The highest BCUT2D eigenvalue weighted by Gasteiger charge is 2.12. The average molecular weight is 207 g/mol. The van der Waals surface area contributed by atoms with Crippen LogP contribution in [-0.4, -0.2) is 11.9 Å². The largest absolute Gasteiger partial charge is 0.348 e. The molecule has 1 aromatic heterocycles. The van der Waals surface area contributed by atoms with Crippen molar-refractivity contribution < 1.29 is 9.36 Å². The topological polar surface area (TPSA) is 33.0 Å². The fourth-order valence-electron chi connectivity index (χ4n) is 1.32. The number of hydrogen-bond acceptors (Lipinski definition) is 1. The second-order valence-electron chi connectivity index (χ2n) is 3.85. The first-order chi connectivity index (χ1) is 7.13. The molecular weight excluding hydrogens is 188 g/mol. The van der Waals surface area contributed by atoms with Crippen LogP contribution in [0.1, 0.15) is 26.0 Å². The van der Waals surface area contributed by atoms with Gasteiger partial charge in [0, 0.05) is 25.1 Å². The van der Waals surface area contributed by atoms with Crippen LogP contribution in [0.25, 0.3) is 0 Å². The molecule has 1 atom stereocenters. The zero-order chi connectivity index (χ0) is 11.3. The molecule has 0 spiro atoms. The van der Waals surface area contributed by atoms with E-state index in [9.17, 15) is 4.79 Å². The maximum absolute atomic E-state index is 11.6. The third-order valence-corrected chi connectivity index (χ3v) is 2.50. The standard InChI is InChI=1S/C12H18N2O/c1-4-10(2)13-12(15)9-14-8-6-5-7-11(14)3/h5-8,10H,4,9H2,1-3H3/p+1/t10-/m1/s1. The third-order valence-electron chi connectivity index (χ3n) is 2.50. The predicted molar refractivity (Wildman–Crippen MR) is 59.3 cm³/mol. The van der Waals surface area contributed by atoms with Crippen LogP contribution in [-0.2, 0) is 11.3 Å². The quantitative estimate of drug-likeness (QED) is 0.739. The van der Waals surface area contributed by atoms with Gasteiger partial charge in [-0.3, -0.25) is 4.79 Å². The van der Waals surface area contributed by atoms with Crippen LogP contribution in [0.3, 0.4) is 0 Å². The number of carbonyl (C=O) groups is 1. The monoisotopic (exact) mass is 207 g/mol. The summed E-state index contributed by atoms with van der Waals surface area (Å²) in [5.74, 6) is 0.0728. The summed E-state index contributed by atoms with van der Waals surface area (Å²) in [7, 11) is 0. The molecule has 0 aromatic carbocycles. The lowest BCUT2D eigenvalue weighted by Crippen LogP contribution is -2.46. The average Bonchev–Trinajstić information content (AvgIpc) is 2.21. The Kier molecular flexibility index (Phi) is 4.28. The Labute approximate surface area is 91.1 Å². The third kappa shape index (κ3) is 3.70. The molecule has 0 aliphatic heterocycles. The molecule has 3 nitrogen and oxygen atoms in total. The first-order valence-corrected chi connectivity index (χ1v) is 5.38. The van der Waals surface area contributed by atoms with Gasteiger partial charge >= 0.3 is 0 Å². The number of nitrogens with zero attached hydrogens (tertiary/aromatic N) is 1. The number of hydrogen-bond donors (Lipinski definition) is 1. The van der Waals surface area contributed by atoms with Crippen LogP contribution >= 0.6 is 0 Å². The maximum atomic E-state index is 11.6. The molecule has 1 aromatic rings. The zero-order valence-electron chi connectivity index (χ0n) is 9.66. The Morgan fingerprint density at radius 3 is 2.87 bits per heavy atom. The van der Waals surface area contributed by atoms with Crippen LogP contribution in [0, 0.1) is 6.92 Å². The summed E-state index contributed by atoms with van der Waals surface area (Å²) in [6.45, 7) is 6.47. The molecule has 15 heavy (non-hydrogen) atoms. The molecule has 0 fully saturated rings. The molecule has 0 saturated carbocycles. The number of rotatable bonds is 4. The van der Waals surface area contributed by atoms with E-state index < -0.39 is 0 Å². The molecule has 0 aliphatic carbocycles. The zero-order valence-corrected chi connectivity index (χ0v) is 9.66. The van der Waals surface area contributed by atoms with Crippen molar-refractivity contribution in [1.82, 2.24) is 5.32 Å². The van der Waals surface area contributed by atoms with Crippen LogP contribution < -0.4 is 9.88 Å². The Morgan fingerprint density at radius 1 is 1.53 bits per heavy atom. The highest BCUT2D eigenvalue weighted by Crippen LogP contribution is 1.90. The molecule has 82 valence electrons.